The van der Waals surface area contributed by atoms with Gasteiger partial charge in [-0.15, -0.1) is 0 Å². The summed E-state index contributed by atoms with van der Waals surface area (Å²) < 4.78 is 32.9. The molecule has 0 aliphatic carbocycles. The summed E-state index contributed by atoms with van der Waals surface area (Å²) >= 11 is 6.32. The van der Waals surface area contributed by atoms with Crippen LogP contribution in [0.4, 0.5) is 0 Å². The van der Waals surface area contributed by atoms with Crippen molar-refractivity contribution in [2.24, 2.45) is 17.6 Å². The molecule has 2 aromatic rings. The molecular weight excluding hydrogens is 440 g/mol. The van der Waals surface area contributed by atoms with Crippen molar-refractivity contribution in [2.75, 3.05) is 26.2 Å². The molecule has 0 saturated carbocycles. The Morgan fingerprint density at radius 2 is 1.87 bits per heavy atom. The fourth-order valence-corrected chi connectivity index (χ4v) is 6.91. The molecule has 0 spiro atoms. The number of halogens is 1. The molecule has 2 aliphatic heterocycles. The summed E-state index contributed by atoms with van der Waals surface area (Å²) in [7, 11) is -3.65. The highest BCUT2D eigenvalue weighted by Gasteiger charge is 2.47. The number of nitrogens with two attached hydrogens (primary N) is 1. The Bertz CT molecular complexity index is 1080. The first-order valence-corrected chi connectivity index (χ1v) is 12.1. The van der Waals surface area contributed by atoms with Gasteiger partial charge in [0.25, 0.3) is 0 Å². The van der Waals surface area contributed by atoms with Gasteiger partial charge in [0, 0.05) is 43.7 Å². The van der Waals surface area contributed by atoms with Crippen LogP contribution in [0.2, 0.25) is 5.02 Å². The lowest BCUT2D eigenvalue weighted by Crippen LogP contribution is -2.36. The van der Waals surface area contributed by atoms with Gasteiger partial charge in [0.05, 0.1) is 0 Å². The molecule has 0 radical (unpaired) electrons. The van der Waals surface area contributed by atoms with Crippen molar-refractivity contribution in [3.05, 3.63) is 45.8 Å². The Labute approximate surface area is 187 Å². The largest absolute Gasteiger partial charge is 0.370 e. The van der Waals surface area contributed by atoms with Gasteiger partial charge in [-0.05, 0) is 49.8 Å². The standard InChI is InChI=1S/C21H27ClN4O4S/c1-12-4-5-15(6-18(12)22)19(7-20(23)27)25-8-16-10-26(11-17(16)9-25)31(28,29)21-13(2)24-30-14(21)3/h4-6,16-17,19H,7-11H2,1-3H3,(H2,23,27). The summed E-state index contributed by atoms with van der Waals surface area (Å²) in [5.41, 5.74) is 7.85. The number of aromatic nitrogens is 1. The van der Waals surface area contributed by atoms with Gasteiger partial charge in [0.15, 0.2) is 5.76 Å². The molecule has 10 heteroatoms. The highest BCUT2D eigenvalue weighted by Crippen LogP contribution is 2.40. The van der Waals surface area contributed by atoms with Crippen molar-refractivity contribution in [1.82, 2.24) is 14.4 Å². The number of rotatable bonds is 6. The molecule has 2 N–H and O–H groups in total. The lowest BCUT2D eigenvalue weighted by atomic mass is 10.0. The third kappa shape index (κ3) is 4.11. The van der Waals surface area contributed by atoms with Crippen molar-refractivity contribution >= 4 is 27.5 Å². The minimum Gasteiger partial charge on any atom is -0.370 e. The van der Waals surface area contributed by atoms with Gasteiger partial charge in [0.1, 0.15) is 10.6 Å². The van der Waals surface area contributed by atoms with Crippen LogP contribution in [0.3, 0.4) is 0 Å². The van der Waals surface area contributed by atoms with E-state index < -0.39 is 10.0 Å². The van der Waals surface area contributed by atoms with Crippen molar-refractivity contribution in [3.63, 3.8) is 0 Å². The molecular formula is C21H27ClN4O4S. The van der Waals surface area contributed by atoms with E-state index in [2.05, 4.69) is 10.1 Å². The van der Waals surface area contributed by atoms with E-state index >= 15 is 0 Å². The van der Waals surface area contributed by atoms with E-state index in [1.165, 1.54) is 4.31 Å². The fraction of sp³-hybridized carbons (Fsp3) is 0.524. The molecule has 2 saturated heterocycles. The molecule has 0 bridgehead atoms. The maximum atomic E-state index is 13.2. The topological polar surface area (TPSA) is 110 Å². The number of amides is 1. The quantitative estimate of drug-likeness (QED) is 0.700. The van der Waals surface area contributed by atoms with Crippen molar-refractivity contribution in [1.29, 1.82) is 0 Å². The van der Waals surface area contributed by atoms with Crippen LogP contribution in [0.15, 0.2) is 27.6 Å². The van der Waals surface area contributed by atoms with E-state index in [1.807, 2.05) is 25.1 Å². The average molecular weight is 467 g/mol. The zero-order valence-corrected chi connectivity index (χ0v) is 19.4. The molecule has 3 unspecified atom stereocenters. The SMILES string of the molecule is Cc1ccc(C(CC(N)=O)N2CC3CN(S(=O)(=O)c4c(C)noc4C)CC3C2)cc1Cl. The number of hydrogen-bond donors (Lipinski definition) is 1. The molecule has 2 fully saturated rings. The molecule has 2 aliphatic rings. The van der Waals surface area contributed by atoms with Crippen LogP contribution in [0.25, 0.3) is 0 Å². The van der Waals surface area contributed by atoms with Gasteiger partial charge < -0.3 is 10.3 Å². The molecule has 3 atom stereocenters. The molecule has 3 heterocycles. The molecule has 1 amide bonds. The maximum absolute atomic E-state index is 13.2. The van der Waals surface area contributed by atoms with Crippen LogP contribution in [-0.2, 0) is 14.8 Å². The smallest absolute Gasteiger partial charge is 0.248 e. The number of primary amides is 1. The molecule has 8 nitrogen and oxygen atoms in total. The highest BCUT2D eigenvalue weighted by atomic mass is 35.5. The average Bonchev–Trinajstić information content (AvgIpc) is 3.35. The number of benzene rings is 1. The number of sulfonamides is 1. The van der Waals surface area contributed by atoms with E-state index in [9.17, 15) is 13.2 Å². The van der Waals surface area contributed by atoms with Crippen LogP contribution < -0.4 is 5.73 Å². The van der Waals surface area contributed by atoms with Crippen LogP contribution in [0.1, 0.15) is 35.0 Å². The molecule has 1 aromatic heterocycles. The summed E-state index contributed by atoms with van der Waals surface area (Å²) in [5.74, 6) is 0.313. The van der Waals surface area contributed by atoms with Crippen molar-refractivity contribution in [3.8, 4) is 0 Å². The second kappa shape index (κ2) is 8.20. The van der Waals surface area contributed by atoms with Crippen molar-refractivity contribution < 1.29 is 17.7 Å². The Morgan fingerprint density at radius 3 is 2.39 bits per heavy atom. The monoisotopic (exact) mass is 466 g/mol. The fourth-order valence-electron chi connectivity index (χ4n) is 4.87. The van der Waals surface area contributed by atoms with E-state index in [4.69, 9.17) is 21.9 Å². The number of nitrogens with zero attached hydrogens (tertiary/aromatic N) is 3. The van der Waals surface area contributed by atoms with E-state index in [0.29, 0.717) is 42.7 Å². The van der Waals surface area contributed by atoms with Crippen molar-refractivity contribution in [2.45, 2.75) is 38.1 Å². The summed E-state index contributed by atoms with van der Waals surface area (Å²) in [6.07, 6.45) is 0.194. The number of carbonyl (C=O) groups is 1. The minimum atomic E-state index is -3.65. The first kappa shape index (κ1) is 22.3. The lowest BCUT2D eigenvalue weighted by molar-refractivity contribution is -0.119. The van der Waals surface area contributed by atoms with Gasteiger partial charge >= 0.3 is 0 Å². The number of carbonyl (C=O) groups excluding carboxylic acids is 1. The Balaban J connectivity index is 1.52. The number of fused-ring (bicyclic) bond motifs is 1. The second-order valence-electron chi connectivity index (χ2n) is 8.64. The Morgan fingerprint density at radius 1 is 1.23 bits per heavy atom. The summed E-state index contributed by atoms with van der Waals surface area (Å²) in [4.78, 5) is 14.2. The number of aryl methyl sites for hydroxylation is 3. The summed E-state index contributed by atoms with van der Waals surface area (Å²) in [6.45, 7) is 7.46. The van der Waals surface area contributed by atoms with E-state index in [1.54, 1.807) is 13.8 Å². The van der Waals surface area contributed by atoms with Crippen LogP contribution in [0.5, 0.6) is 0 Å². The third-order valence-electron chi connectivity index (χ3n) is 6.46. The van der Waals surface area contributed by atoms with Crippen LogP contribution in [-0.4, -0.2) is 54.9 Å². The van der Waals surface area contributed by atoms with Gasteiger partial charge in [0.2, 0.25) is 15.9 Å². The van der Waals surface area contributed by atoms with Gasteiger partial charge in [-0.25, -0.2) is 8.42 Å². The first-order valence-electron chi connectivity index (χ1n) is 10.3. The maximum Gasteiger partial charge on any atom is 0.248 e. The third-order valence-corrected chi connectivity index (χ3v) is 8.95. The zero-order chi connectivity index (χ0) is 22.5. The number of hydrogen-bond acceptors (Lipinski definition) is 6. The molecule has 31 heavy (non-hydrogen) atoms. The molecule has 168 valence electrons. The predicted molar refractivity (Wildman–Crippen MR) is 116 cm³/mol. The molecule has 1 aromatic carbocycles. The first-order chi connectivity index (χ1) is 14.6. The zero-order valence-electron chi connectivity index (χ0n) is 17.8. The minimum absolute atomic E-state index is 0.172. The Kier molecular flexibility index (Phi) is 5.89. The van der Waals surface area contributed by atoms with Gasteiger partial charge in [-0.3, -0.25) is 9.69 Å². The normalized spacial score (nSPS) is 23.2. The summed E-state index contributed by atoms with van der Waals surface area (Å²) in [5, 5.41) is 4.45. The van der Waals surface area contributed by atoms with Gasteiger partial charge in [-0.1, -0.05) is 28.9 Å². The molecule has 4 rings (SSSR count). The number of likely N-dealkylation sites (tertiary alicyclic amines) is 1. The summed E-state index contributed by atoms with van der Waals surface area (Å²) in [6, 6.07) is 5.65. The van der Waals surface area contributed by atoms with E-state index in [0.717, 1.165) is 11.1 Å². The highest BCUT2D eigenvalue weighted by molar-refractivity contribution is 7.89. The predicted octanol–water partition coefficient (Wildman–Crippen LogP) is 2.42. The van der Waals surface area contributed by atoms with Gasteiger partial charge in [-0.2, -0.15) is 4.31 Å². The Hall–Kier alpha value is -1.94. The van der Waals surface area contributed by atoms with E-state index in [-0.39, 0.29) is 35.1 Å². The van der Waals surface area contributed by atoms with Crippen LogP contribution in [0, 0.1) is 32.6 Å². The lowest BCUT2D eigenvalue weighted by Gasteiger charge is -2.29. The van der Waals surface area contributed by atoms with Crippen LogP contribution >= 0.6 is 11.6 Å². The second-order valence-corrected chi connectivity index (χ2v) is 10.9.